The first-order valence-corrected chi connectivity index (χ1v) is 9.14. The monoisotopic (exact) mass is 356 g/mol. The zero-order chi connectivity index (χ0) is 18.8. The van der Waals surface area contributed by atoms with E-state index in [1.165, 1.54) is 0 Å². The van der Waals surface area contributed by atoms with Crippen molar-refractivity contribution in [1.29, 1.82) is 0 Å². The molecule has 0 aliphatic heterocycles. The topological polar surface area (TPSA) is 73.6 Å². The Bertz CT molecular complexity index is 689. The lowest BCUT2D eigenvalue weighted by Gasteiger charge is -2.16. The van der Waals surface area contributed by atoms with Gasteiger partial charge in [0.2, 0.25) is 5.91 Å². The molecule has 0 saturated carbocycles. The average Bonchev–Trinajstić information content (AvgIpc) is 2.66. The molecule has 5 nitrogen and oxygen atoms in total. The van der Waals surface area contributed by atoms with Gasteiger partial charge in [-0.15, -0.1) is 0 Å². The van der Waals surface area contributed by atoms with Crippen molar-refractivity contribution in [1.82, 2.24) is 0 Å². The van der Waals surface area contributed by atoms with Crippen LogP contribution in [0.5, 0.6) is 11.5 Å². The summed E-state index contributed by atoms with van der Waals surface area (Å²) in [7, 11) is 0. The molecule has 0 radical (unpaired) electrons. The summed E-state index contributed by atoms with van der Waals surface area (Å²) >= 11 is 0. The standard InChI is InChI=1S/C21H28N2O3/c1-3-12-25-19-11-10-17(15-20(19)26-13-4-2)23-21(24)18(22)14-16-8-6-5-7-9-16/h5-11,15,18H,3-4,12-14,22H2,1-2H3,(H,23,24). The first kappa shape index (κ1) is 19.8. The molecular formula is C21H28N2O3. The van der Waals surface area contributed by atoms with Gasteiger partial charge < -0.3 is 20.5 Å². The first-order chi connectivity index (χ1) is 12.6. The second-order valence-electron chi connectivity index (χ2n) is 6.14. The molecule has 1 amide bonds. The molecule has 5 heteroatoms. The SMILES string of the molecule is CCCOc1ccc(NC(=O)C(N)Cc2ccccc2)cc1OCCC. The van der Waals surface area contributed by atoms with Gasteiger partial charge in [0, 0.05) is 11.8 Å². The summed E-state index contributed by atoms with van der Waals surface area (Å²) in [6, 6.07) is 14.5. The summed E-state index contributed by atoms with van der Waals surface area (Å²) in [6.45, 7) is 5.31. The number of hydrogen-bond acceptors (Lipinski definition) is 4. The first-order valence-electron chi connectivity index (χ1n) is 9.14. The molecule has 2 aromatic rings. The van der Waals surface area contributed by atoms with Gasteiger partial charge >= 0.3 is 0 Å². The Morgan fingerprint density at radius 3 is 2.31 bits per heavy atom. The van der Waals surface area contributed by atoms with E-state index in [-0.39, 0.29) is 5.91 Å². The molecule has 2 rings (SSSR count). The maximum Gasteiger partial charge on any atom is 0.241 e. The quantitative estimate of drug-likeness (QED) is 0.679. The fraction of sp³-hybridized carbons (Fsp3) is 0.381. The molecule has 0 bridgehead atoms. The Kier molecular flexibility index (Phi) is 7.96. The summed E-state index contributed by atoms with van der Waals surface area (Å²) in [6.07, 6.45) is 2.30. The highest BCUT2D eigenvalue weighted by Gasteiger charge is 2.15. The second kappa shape index (κ2) is 10.5. The van der Waals surface area contributed by atoms with Gasteiger partial charge in [-0.2, -0.15) is 0 Å². The van der Waals surface area contributed by atoms with Crippen molar-refractivity contribution in [3.05, 3.63) is 54.1 Å². The molecule has 1 unspecified atom stereocenters. The van der Waals surface area contributed by atoms with Crippen molar-refractivity contribution in [2.45, 2.75) is 39.2 Å². The molecule has 0 spiro atoms. The van der Waals surface area contributed by atoms with Gasteiger partial charge in [0.25, 0.3) is 0 Å². The molecule has 0 aliphatic rings. The van der Waals surface area contributed by atoms with Gasteiger partial charge in [0.05, 0.1) is 19.3 Å². The van der Waals surface area contributed by atoms with E-state index in [4.69, 9.17) is 15.2 Å². The van der Waals surface area contributed by atoms with Crippen LogP contribution >= 0.6 is 0 Å². The minimum Gasteiger partial charge on any atom is -0.490 e. The van der Waals surface area contributed by atoms with Crippen molar-refractivity contribution >= 4 is 11.6 Å². The average molecular weight is 356 g/mol. The maximum absolute atomic E-state index is 12.4. The molecule has 0 heterocycles. The fourth-order valence-corrected chi connectivity index (χ4v) is 2.44. The van der Waals surface area contributed by atoms with E-state index in [2.05, 4.69) is 12.2 Å². The second-order valence-corrected chi connectivity index (χ2v) is 6.14. The van der Waals surface area contributed by atoms with Crippen LogP contribution in [0.3, 0.4) is 0 Å². The predicted molar refractivity (Wildman–Crippen MR) is 105 cm³/mol. The van der Waals surface area contributed by atoms with E-state index in [1.54, 1.807) is 12.1 Å². The molecule has 0 fully saturated rings. The van der Waals surface area contributed by atoms with E-state index < -0.39 is 6.04 Å². The summed E-state index contributed by atoms with van der Waals surface area (Å²) in [5, 5.41) is 2.86. The smallest absolute Gasteiger partial charge is 0.241 e. The largest absolute Gasteiger partial charge is 0.490 e. The van der Waals surface area contributed by atoms with Crippen LogP contribution in [0, 0.1) is 0 Å². The highest BCUT2D eigenvalue weighted by molar-refractivity contribution is 5.95. The molecule has 0 aliphatic carbocycles. The molecule has 3 N–H and O–H groups in total. The van der Waals surface area contributed by atoms with Gasteiger partial charge in [0.15, 0.2) is 11.5 Å². The third-order valence-electron chi connectivity index (χ3n) is 3.77. The van der Waals surface area contributed by atoms with Crippen LogP contribution in [0.25, 0.3) is 0 Å². The Balaban J connectivity index is 2.03. The van der Waals surface area contributed by atoms with Crippen LogP contribution in [0.2, 0.25) is 0 Å². The van der Waals surface area contributed by atoms with Crippen LogP contribution in [0.1, 0.15) is 32.3 Å². The van der Waals surface area contributed by atoms with Crippen LogP contribution in [0.4, 0.5) is 5.69 Å². The Morgan fingerprint density at radius 2 is 1.65 bits per heavy atom. The molecule has 26 heavy (non-hydrogen) atoms. The molecule has 2 aromatic carbocycles. The normalized spacial score (nSPS) is 11.7. The molecule has 1 atom stereocenters. The Hall–Kier alpha value is -2.53. The van der Waals surface area contributed by atoms with Crippen LogP contribution in [-0.4, -0.2) is 25.2 Å². The number of nitrogens with two attached hydrogens (primary N) is 1. The van der Waals surface area contributed by atoms with Crippen molar-refractivity contribution < 1.29 is 14.3 Å². The zero-order valence-corrected chi connectivity index (χ0v) is 15.5. The number of benzene rings is 2. The number of ether oxygens (including phenoxy) is 2. The summed E-state index contributed by atoms with van der Waals surface area (Å²) in [5.74, 6) is 1.10. The predicted octanol–water partition coefficient (Wildman–Crippen LogP) is 3.77. The number of amides is 1. The summed E-state index contributed by atoms with van der Waals surface area (Å²) in [5.41, 5.74) is 7.72. The molecule has 0 saturated heterocycles. The van der Waals surface area contributed by atoms with Gasteiger partial charge in [-0.1, -0.05) is 44.2 Å². The molecular weight excluding hydrogens is 328 g/mol. The van der Waals surface area contributed by atoms with Gasteiger partial charge in [0.1, 0.15) is 0 Å². The number of carbonyl (C=O) groups is 1. The van der Waals surface area contributed by atoms with E-state index in [1.807, 2.05) is 43.3 Å². The van der Waals surface area contributed by atoms with Crippen molar-refractivity contribution in [3.63, 3.8) is 0 Å². The van der Waals surface area contributed by atoms with Crippen LogP contribution < -0.4 is 20.5 Å². The van der Waals surface area contributed by atoms with Crippen LogP contribution in [-0.2, 0) is 11.2 Å². The lowest BCUT2D eigenvalue weighted by molar-refractivity contribution is -0.117. The highest BCUT2D eigenvalue weighted by atomic mass is 16.5. The molecule has 0 aromatic heterocycles. The van der Waals surface area contributed by atoms with Crippen molar-refractivity contribution in [2.24, 2.45) is 5.73 Å². The van der Waals surface area contributed by atoms with E-state index in [0.29, 0.717) is 36.8 Å². The highest BCUT2D eigenvalue weighted by Crippen LogP contribution is 2.31. The minimum absolute atomic E-state index is 0.225. The Morgan fingerprint density at radius 1 is 1.00 bits per heavy atom. The summed E-state index contributed by atoms with van der Waals surface area (Å²) in [4.78, 5) is 12.4. The summed E-state index contributed by atoms with van der Waals surface area (Å²) < 4.78 is 11.5. The number of carbonyl (C=O) groups excluding carboxylic acids is 1. The number of nitrogens with one attached hydrogen (secondary N) is 1. The third kappa shape index (κ3) is 6.08. The van der Waals surface area contributed by atoms with Gasteiger partial charge in [-0.25, -0.2) is 0 Å². The maximum atomic E-state index is 12.4. The number of hydrogen-bond donors (Lipinski definition) is 2. The van der Waals surface area contributed by atoms with E-state index in [9.17, 15) is 4.79 Å². The van der Waals surface area contributed by atoms with E-state index >= 15 is 0 Å². The van der Waals surface area contributed by atoms with Gasteiger partial charge in [-0.3, -0.25) is 4.79 Å². The van der Waals surface area contributed by atoms with Crippen molar-refractivity contribution in [3.8, 4) is 11.5 Å². The lowest BCUT2D eigenvalue weighted by Crippen LogP contribution is -2.37. The minimum atomic E-state index is -0.617. The zero-order valence-electron chi connectivity index (χ0n) is 15.5. The van der Waals surface area contributed by atoms with Gasteiger partial charge in [-0.05, 0) is 37.0 Å². The van der Waals surface area contributed by atoms with Crippen LogP contribution in [0.15, 0.2) is 48.5 Å². The molecule has 140 valence electrons. The fourth-order valence-electron chi connectivity index (χ4n) is 2.44. The number of rotatable bonds is 10. The van der Waals surface area contributed by atoms with Crippen molar-refractivity contribution in [2.75, 3.05) is 18.5 Å². The van der Waals surface area contributed by atoms with E-state index in [0.717, 1.165) is 18.4 Å². The third-order valence-corrected chi connectivity index (χ3v) is 3.77. The Labute approximate surface area is 155 Å². The number of anilines is 1. The lowest BCUT2D eigenvalue weighted by atomic mass is 10.1.